The van der Waals surface area contributed by atoms with Gasteiger partial charge in [0, 0.05) is 12.4 Å². The zero-order valence-corrected chi connectivity index (χ0v) is 9.02. The molecule has 0 unspecified atom stereocenters. The lowest BCUT2D eigenvalue weighted by atomic mass is 10.4. The van der Waals surface area contributed by atoms with Gasteiger partial charge in [0.1, 0.15) is 6.61 Å². The Balaban J connectivity index is 3.02. The monoisotopic (exact) mass is 206 g/mol. The molecule has 3 nitrogen and oxygen atoms in total. The van der Waals surface area contributed by atoms with Crippen molar-refractivity contribution in [1.29, 1.82) is 0 Å². The van der Waals surface area contributed by atoms with Crippen LogP contribution in [0.3, 0.4) is 0 Å². The van der Waals surface area contributed by atoms with Crippen molar-refractivity contribution in [2.45, 2.75) is 26.2 Å². The molecule has 0 aromatic rings. The number of hydrogen-bond donors (Lipinski definition) is 1. The van der Waals surface area contributed by atoms with E-state index in [1.165, 1.54) is 0 Å². The molecule has 78 valence electrons. The fraction of sp³-hybridized carbons (Fsp3) is 0.889. The van der Waals surface area contributed by atoms with Crippen LogP contribution in [0.1, 0.15) is 26.2 Å². The molecule has 0 heterocycles. The average Bonchev–Trinajstić information content (AvgIpc) is 2.11. The Bertz CT molecular complexity index is 128. The van der Waals surface area contributed by atoms with Gasteiger partial charge in [0.15, 0.2) is 0 Å². The normalized spacial score (nSPS) is 10.0. The lowest BCUT2D eigenvalue weighted by Crippen LogP contribution is -2.11. The summed E-state index contributed by atoms with van der Waals surface area (Å²) < 4.78 is 10.1. The number of carbonyl (C=O) groups is 1. The van der Waals surface area contributed by atoms with E-state index in [1.54, 1.807) is 0 Å². The van der Waals surface area contributed by atoms with Gasteiger partial charge >= 0.3 is 5.97 Å². The Morgan fingerprint density at radius 2 is 2.08 bits per heavy atom. The van der Waals surface area contributed by atoms with Crippen molar-refractivity contribution >= 4 is 18.6 Å². The number of rotatable bonds is 8. The van der Waals surface area contributed by atoms with Gasteiger partial charge in [0.2, 0.25) is 0 Å². The Kier molecular flexibility index (Phi) is 9.70. The molecule has 0 aliphatic rings. The Hall–Kier alpha value is -0.220. The topological polar surface area (TPSA) is 35.5 Å². The van der Waals surface area contributed by atoms with Crippen molar-refractivity contribution in [2.24, 2.45) is 0 Å². The standard InChI is InChI=1S/C9H18O3S/c1-2-3-5-11-6-7-12-9(10)4-8-13/h13H,2-8H2,1H3. The minimum atomic E-state index is -0.200. The smallest absolute Gasteiger partial charge is 0.306 e. The van der Waals surface area contributed by atoms with E-state index >= 15 is 0 Å². The van der Waals surface area contributed by atoms with Gasteiger partial charge in [0.05, 0.1) is 13.0 Å². The van der Waals surface area contributed by atoms with Gasteiger partial charge < -0.3 is 9.47 Å². The van der Waals surface area contributed by atoms with E-state index in [1.807, 2.05) is 0 Å². The van der Waals surface area contributed by atoms with E-state index < -0.39 is 0 Å². The summed E-state index contributed by atoms with van der Waals surface area (Å²) in [5.74, 6) is 0.337. The molecule has 0 saturated heterocycles. The summed E-state index contributed by atoms with van der Waals surface area (Å²) in [6.45, 7) is 3.71. The SMILES string of the molecule is CCCCOCCOC(=O)CCS. The zero-order chi connectivity index (χ0) is 9.94. The predicted octanol–water partition coefficient (Wildman–Crippen LogP) is 1.67. The predicted molar refractivity (Wildman–Crippen MR) is 55.2 cm³/mol. The second-order valence-corrected chi connectivity index (χ2v) is 3.11. The summed E-state index contributed by atoms with van der Waals surface area (Å²) in [4.78, 5) is 10.8. The maximum absolute atomic E-state index is 10.8. The second kappa shape index (κ2) is 9.86. The number of ether oxygens (including phenoxy) is 2. The molecule has 0 aliphatic carbocycles. The van der Waals surface area contributed by atoms with E-state index in [9.17, 15) is 4.79 Å². The molecule has 13 heavy (non-hydrogen) atoms. The molecule has 0 bridgehead atoms. The highest BCUT2D eigenvalue weighted by molar-refractivity contribution is 7.80. The molecule has 0 saturated carbocycles. The summed E-state index contributed by atoms with van der Waals surface area (Å²) in [7, 11) is 0. The van der Waals surface area contributed by atoms with Crippen LogP contribution >= 0.6 is 12.6 Å². The van der Waals surface area contributed by atoms with Crippen LogP contribution < -0.4 is 0 Å². The lowest BCUT2D eigenvalue weighted by Gasteiger charge is -2.04. The second-order valence-electron chi connectivity index (χ2n) is 2.66. The highest BCUT2D eigenvalue weighted by Crippen LogP contribution is 1.91. The van der Waals surface area contributed by atoms with Gasteiger partial charge in [-0.15, -0.1) is 0 Å². The van der Waals surface area contributed by atoms with Crippen molar-refractivity contribution in [1.82, 2.24) is 0 Å². The van der Waals surface area contributed by atoms with Crippen LogP contribution in [0.15, 0.2) is 0 Å². The van der Waals surface area contributed by atoms with Crippen LogP contribution in [0.4, 0.5) is 0 Å². The van der Waals surface area contributed by atoms with Crippen LogP contribution in [0, 0.1) is 0 Å². The van der Waals surface area contributed by atoms with E-state index in [-0.39, 0.29) is 5.97 Å². The molecule has 0 fully saturated rings. The van der Waals surface area contributed by atoms with E-state index in [2.05, 4.69) is 19.6 Å². The number of hydrogen-bond acceptors (Lipinski definition) is 4. The van der Waals surface area contributed by atoms with Gasteiger partial charge in [0.25, 0.3) is 0 Å². The maximum atomic E-state index is 10.8. The van der Waals surface area contributed by atoms with Crippen molar-refractivity contribution < 1.29 is 14.3 Å². The molecule has 0 spiro atoms. The first-order valence-corrected chi connectivity index (χ1v) is 5.28. The van der Waals surface area contributed by atoms with Crippen molar-refractivity contribution in [3.63, 3.8) is 0 Å². The van der Waals surface area contributed by atoms with Gasteiger partial charge in [-0.1, -0.05) is 13.3 Å². The van der Waals surface area contributed by atoms with Crippen molar-refractivity contribution in [3.05, 3.63) is 0 Å². The van der Waals surface area contributed by atoms with E-state index in [0.29, 0.717) is 25.4 Å². The zero-order valence-electron chi connectivity index (χ0n) is 8.12. The number of carbonyl (C=O) groups excluding carboxylic acids is 1. The third kappa shape index (κ3) is 9.70. The minimum Gasteiger partial charge on any atom is -0.463 e. The highest BCUT2D eigenvalue weighted by Gasteiger charge is 1.99. The Morgan fingerprint density at radius 3 is 2.69 bits per heavy atom. The minimum absolute atomic E-state index is 0.200. The molecule has 0 aromatic heterocycles. The fourth-order valence-electron chi connectivity index (χ4n) is 0.726. The summed E-state index contributed by atoms with van der Waals surface area (Å²) in [5.41, 5.74) is 0. The van der Waals surface area contributed by atoms with E-state index in [4.69, 9.17) is 9.47 Å². The largest absolute Gasteiger partial charge is 0.463 e. The lowest BCUT2D eigenvalue weighted by molar-refractivity contribution is -0.144. The summed E-state index contributed by atoms with van der Waals surface area (Å²) in [6, 6.07) is 0. The summed E-state index contributed by atoms with van der Waals surface area (Å²) in [6.07, 6.45) is 2.56. The molecular formula is C9H18O3S. The first-order valence-electron chi connectivity index (χ1n) is 4.65. The molecule has 0 radical (unpaired) electrons. The summed E-state index contributed by atoms with van der Waals surface area (Å²) in [5, 5.41) is 0. The molecule has 0 N–H and O–H groups in total. The third-order valence-corrected chi connectivity index (χ3v) is 1.67. The van der Waals surface area contributed by atoms with Crippen LogP contribution in [0.2, 0.25) is 0 Å². The maximum Gasteiger partial charge on any atom is 0.306 e. The quantitative estimate of drug-likeness (QED) is 0.373. The highest BCUT2D eigenvalue weighted by atomic mass is 32.1. The fourth-order valence-corrected chi connectivity index (χ4v) is 0.909. The summed E-state index contributed by atoms with van der Waals surface area (Å²) >= 11 is 3.92. The molecule has 0 rings (SSSR count). The van der Waals surface area contributed by atoms with Crippen LogP contribution in [0.25, 0.3) is 0 Å². The molecule has 0 aliphatic heterocycles. The van der Waals surface area contributed by atoms with E-state index in [0.717, 1.165) is 19.4 Å². The van der Waals surface area contributed by atoms with Gasteiger partial charge in [-0.25, -0.2) is 0 Å². The van der Waals surface area contributed by atoms with Gasteiger partial charge in [-0.05, 0) is 6.42 Å². The number of thiol groups is 1. The third-order valence-electron chi connectivity index (χ3n) is 1.45. The first-order chi connectivity index (χ1) is 6.31. The number of unbranched alkanes of at least 4 members (excludes halogenated alkanes) is 1. The van der Waals surface area contributed by atoms with Crippen LogP contribution in [-0.4, -0.2) is 31.5 Å². The molecule has 0 atom stereocenters. The Morgan fingerprint density at radius 1 is 1.31 bits per heavy atom. The first kappa shape index (κ1) is 12.8. The Labute approximate surface area is 85.2 Å². The van der Waals surface area contributed by atoms with Crippen LogP contribution in [0.5, 0.6) is 0 Å². The van der Waals surface area contributed by atoms with Gasteiger partial charge in [-0.2, -0.15) is 12.6 Å². The van der Waals surface area contributed by atoms with Gasteiger partial charge in [-0.3, -0.25) is 4.79 Å². The van der Waals surface area contributed by atoms with Crippen molar-refractivity contribution in [2.75, 3.05) is 25.6 Å². The molecule has 0 aromatic carbocycles. The molecule has 0 amide bonds. The average molecular weight is 206 g/mol. The number of esters is 1. The molecular weight excluding hydrogens is 188 g/mol. The molecule has 4 heteroatoms. The van der Waals surface area contributed by atoms with Crippen LogP contribution in [-0.2, 0) is 14.3 Å². The van der Waals surface area contributed by atoms with Crippen molar-refractivity contribution in [3.8, 4) is 0 Å².